The number of aromatic nitrogens is 3. The summed E-state index contributed by atoms with van der Waals surface area (Å²) in [6.07, 6.45) is 4.80. The van der Waals surface area contributed by atoms with Crippen LogP contribution in [0.25, 0.3) is 16.8 Å². The summed E-state index contributed by atoms with van der Waals surface area (Å²) in [5, 5.41) is 3.45. The number of ether oxygens (including phenoxy) is 1. The van der Waals surface area contributed by atoms with E-state index >= 15 is 0 Å². The van der Waals surface area contributed by atoms with E-state index < -0.39 is 0 Å². The van der Waals surface area contributed by atoms with Crippen LogP contribution in [0.5, 0.6) is 0 Å². The summed E-state index contributed by atoms with van der Waals surface area (Å²) in [7, 11) is 0. The molecule has 1 amide bonds. The van der Waals surface area contributed by atoms with Gasteiger partial charge in [0.1, 0.15) is 17.5 Å². The molecule has 158 valence electrons. The minimum Gasteiger partial charge on any atom is -0.378 e. The van der Waals surface area contributed by atoms with Crippen molar-refractivity contribution in [2.75, 3.05) is 36.5 Å². The zero-order valence-electron chi connectivity index (χ0n) is 16.8. The second kappa shape index (κ2) is 9.59. The van der Waals surface area contributed by atoms with Crippen molar-refractivity contribution in [2.24, 2.45) is 0 Å². The molecule has 2 N–H and O–H groups in total. The van der Waals surface area contributed by atoms with Gasteiger partial charge in [-0.05, 0) is 24.3 Å². The van der Waals surface area contributed by atoms with Gasteiger partial charge in [-0.2, -0.15) is 0 Å². The zero-order chi connectivity index (χ0) is 21.6. The van der Waals surface area contributed by atoms with E-state index in [-0.39, 0.29) is 5.91 Å². The molecule has 3 aromatic rings. The molecular formula is C23H22ClN5O2. The minimum absolute atomic E-state index is 0.340. The molecule has 31 heavy (non-hydrogen) atoms. The lowest BCUT2D eigenvalue weighted by atomic mass is 10.2. The van der Waals surface area contributed by atoms with Gasteiger partial charge < -0.3 is 19.9 Å². The summed E-state index contributed by atoms with van der Waals surface area (Å²) < 4.78 is 5.39. The second-order valence-electron chi connectivity index (χ2n) is 6.88. The normalized spacial score (nSPS) is 14.4. The fraction of sp³-hybridized carbons (Fsp3) is 0.174. The molecule has 0 radical (unpaired) electrons. The number of H-pyrrole nitrogens is 1. The highest BCUT2D eigenvalue weighted by molar-refractivity contribution is 6.33. The molecule has 3 heterocycles. The lowest BCUT2D eigenvalue weighted by Gasteiger charge is -2.28. The quantitative estimate of drug-likeness (QED) is 0.448. The van der Waals surface area contributed by atoms with Crippen molar-refractivity contribution >= 4 is 34.7 Å². The van der Waals surface area contributed by atoms with E-state index in [2.05, 4.69) is 31.7 Å². The maximum absolute atomic E-state index is 13.0. The van der Waals surface area contributed by atoms with Crippen LogP contribution in [0.4, 0.5) is 11.6 Å². The van der Waals surface area contributed by atoms with Crippen LogP contribution in [0, 0.1) is 0 Å². The van der Waals surface area contributed by atoms with Crippen molar-refractivity contribution in [3.05, 3.63) is 78.2 Å². The van der Waals surface area contributed by atoms with Crippen molar-refractivity contribution in [3.63, 3.8) is 0 Å². The Morgan fingerprint density at radius 3 is 2.77 bits per heavy atom. The van der Waals surface area contributed by atoms with Crippen LogP contribution in [0.1, 0.15) is 5.82 Å². The summed E-state index contributed by atoms with van der Waals surface area (Å²) in [4.78, 5) is 27.3. The Balaban J connectivity index is 1.55. The third-order valence-electron chi connectivity index (χ3n) is 4.84. The number of morpholine rings is 1. The first-order valence-corrected chi connectivity index (χ1v) is 10.3. The standard InChI is InChI=1S/C23H22ClN5O2/c1-2-6-17(22-25-15-19(26-22)16-7-3-4-8-18(16)24)23(30)28-20-9-5-10-21(27-20)29-11-13-31-14-12-29/h2-10,15H,1,11-14H2,(H,25,26)(H,27,28,30)/b17-6+. The number of allylic oxidation sites excluding steroid dienone is 2. The predicted molar refractivity (Wildman–Crippen MR) is 123 cm³/mol. The van der Waals surface area contributed by atoms with E-state index in [1.807, 2.05) is 30.3 Å². The Morgan fingerprint density at radius 2 is 2.00 bits per heavy atom. The van der Waals surface area contributed by atoms with Gasteiger partial charge in [0.05, 0.1) is 30.7 Å². The number of hydrogen-bond donors (Lipinski definition) is 2. The molecule has 4 rings (SSSR count). The molecule has 2 aromatic heterocycles. The fourth-order valence-electron chi connectivity index (χ4n) is 3.30. The Hall–Kier alpha value is -3.42. The highest BCUT2D eigenvalue weighted by Crippen LogP contribution is 2.27. The molecule has 0 unspecified atom stereocenters. The maximum atomic E-state index is 13.0. The number of carbonyl (C=O) groups is 1. The molecule has 1 aromatic carbocycles. The van der Waals surface area contributed by atoms with E-state index in [4.69, 9.17) is 16.3 Å². The molecule has 1 aliphatic rings. The Morgan fingerprint density at radius 1 is 1.19 bits per heavy atom. The minimum atomic E-state index is -0.341. The van der Waals surface area contributed by atoms with Crippen LogP contribution in [0.15, 0.2) is 67.4 Å². The van der Waals surface area contributed by atoms with Crippen molar-refractivity contribution in [2.45, 2.75) is 0 Å². The number of imidazole rings is 1. The second-order valence-corrected chi connectivity index (χ2v) is 7.28. The summed E-state index contributed by atoms with van der Waals surface area (Å²) in [5.74, 6) is 1.33. The van der Waals surface area contributed by atoms with Gasteiger partial charge >= 0.3 is 0 Å². The average Bonchev–Trinajstić information content (AvgIpc) is 3.28. The molecule has 1 saturated heterocycles. The number of halogens is 1. The van der Waals surface area contributed by atoms with Crippen molar-refractivity contribution in [1.82, 2.24) is 15.0 Å². The molecule has 8 heteroatoms. The number of anilines is 2. The number of hydrogen-bond acceptors (Lipinski definition) is 5. The highest BCUT2D eigenvalue weighted by atomic mass is 35.5. The number of nitrogens with one attached hydrogen (secondary N) is 2. The molecule has 0 spiro atoms. The first-order chi connectivity index (χ1) is 15.2. The fourth-order valence-corrected chi connectivity index (χ4v) is 3.54. The Kier molecular flexibility index (Phi) is 6.45. The molecule has 1 fully saturated rings. The highest BCUT2D eigenvalue weighted by Gasteiger charge is 2.18. The number of pyridine rings is 1. The maximum Gasteiger partial charge on any atom is 0.260 e. The molecule has 1 aliphatic heterocycles. The van der Waals surface area contributed by atoms with E-state index in [1.54, 1.807) is 30.5 Å². The van der Waals surface area contributed by atoms with Crippen LogP contribution >= 0.6 is 11.6 Å². The Bertz CT molecular complexity index is 1120. The first-order valence-electron chi connectivity index (χ1n) is 9.90. The van der Waals surface area contributed by atoms with Crippen LogP contribution < -0.4 is 10.2 Å². The summed E-state index contributed by atoms with van der Waals surface area (Å²) >= 11 is 6.28. The largest absolute Gasteiger partial charge is 0.378 e. The molecular weight excluding hydrogens is 414 g/mol. The first kappa shape index (κ1) is 20.8. The van der Waals surface area contributed by atoms with Crippen LogP contribution in [-0.4, -0.2) is 47.2 Å². The number of amides is 1. The van der Waals surface area contributed by atoms with Gasteiger partial charge in [0.2, 0.25) is 0 Å². The molecule has 7 nitrogen and oxygen atoms in total. The summed E-state index contributed by atoms with van der Waals surface area (Å²) in [6, 6.07) is 13.0. The summed E-state index contributed by atoms with van der Waals surface area (Å²) in [6.45, 7) is 6.58. The van der Waals surface area contributed by atoms with Crippen LogP contribution in [0.3, 0.4) is 0 Å². The number of nitrogens with zero attached hydrogens (tertiary/aromatic N) is 3. The van der Waals surface area contributed by atoms with E-state index in [1.165, 1.54) is 0 Å². The van der Waals surface area contributed by atoms with Crippen LogP contribution in [0.2, 0.25) is 5.02 Å². The number of aromatic amines is 1. The average molecular weight is 436 g/mol. The van der Waals surface area contributed by atoms with Gasteiger partial charge in [-0.15, -0.1) is 0 Å². The van der Waals surface area contributed by atoms with E-state index in [9.17, 15) is 4.79 Å². The van der Waals surface area contributed by atoms with Gasteiger partial charge in [0.15, 0.2) is 0 Å². The monoisotopic (exact) mass is 435 g/mol. The third kappa shape index (κ3) is 4.84. The Labute approximate surface area is 185 Å². The van der Waals surface area contributed by atoms with Gasteiger partial charge in [-0.25, -0.2) is 9.97 Å². The van der Waals surface area contributed by atoms with Gasteiger partial charge in [-0.3, -0.25) is 4.79 Å². The predicted octanol–water partition coefficient (Wildman–Crippen LogP) is 4.17. The van der Waals surface area contributed by atoms with Gasteiger partial charge in [-0.1, -0.05) is 48.5 Å². The topological polar surface area (TPSA) is 83.1 Å². The van der Waals surface area contributed by atoms with Crippen molar-refractivity contribution < 1.29 is 9.53 Å². The lowest BCUT2D eigenvalue weighted by molar-refractivity contribution is -0.111. The summed E-state index contributed by atoms with van der Waals surface area (Å²) in [5.41, 5.74) is 1.86. The number of benzene rings is 1. The van der Waals surface area contributed by atoms with Crippen LogP contribution in [-0.2, 0) is 9.53 Å². The third-order valence-corrected chi connectivity index (χ3v) is 5.16. The number of carbonyl (C=O) groups excluding carboxylic acids is 1. The van der Waals surface area contributed by atoms with E-state index in [0.717, 1.165) is 30.2 Å². The van der Waals surface area contributed by atoms with Crippen molar-refractivity contribution in [1.29, 1.82) is 0 Å². The van der Waals surface area contributed by atoms with E-state index in [0.29, 0.717) is 35.5 Å². The molecule has 0 saturated carbocycles. The zero-order valence-corrected chi connectivity index (χ0v) is 17.6. The molecule has 0 atom stereocenters. The SMILES string of the molecule is C=C/C=C(/C(=O)Nc1cccc(N2CCOCC2)n1)c1ncc(-c2ccccc2Cl)[nH]1. The van der Waals surface area contributed by atoms with Gasteiger partial charge in [0.25, 0.3) is 5.91 Å². The molecule has 0 bridgehead atoms. The van der Waals surface area contributed by atoms with Crippen molar-refractivity contribution in [3.8, 4) is 11.3 Å². The molecule has 0 aliphatic carbocycles. The smallest absolute Gasteiger partial charge is 0.260 e. The number of rotatable bonds is 6. The van der Waals surface area contributed by atoms with Gasteiger partial charge in [0, 0.05) is 23.7 Å². The lowest BCUT2D eigenvalue weighted by Crippen LogP contribution is -2.36.